The number of nitrogens with one attached hydrogen (secondary N) is 1. The first-order valence-electron chi connectivity index (χ1n) is 23.2. The molecule has 2 atom stereocenters. The Kier molecular flexibility index (Phi) is 44.5. The van der Waals surface area contributed by atoms with Crippen LogP contribution in [-0.4, -0.2) is 34.9 Å². The second-order valence-electron chi connectivity index (χ2n) is 15.1. The Hall–Kier alpha value is -3.21. The predicted octanol–water partition coefficient (Wildman–Crippen LogP) is 15.0. The molecule has 57 heavy (non-hydrogen) atoms. The first-order valence-corrected chi connectivity index (χ1v) is 23.2. The van der Waals surface area contributed by atoms with E-state index in [1.54, 1.807) is 6.08 Å². The smallest absolute Gasteiger partial charge is 0.220 e. The van der Waals surface area contributed by atoms with E-state index in [-0.39, 0.29) is 12.5 Å². The third-order valence-corrected chi connectivity index (χ3v) is 9.66. The van der Waals surface area contributed by atoms with Crippen molar-refractivity contribution in [3.05, 3.63) is 122 Å². The lowest BCUT2D eigenvalue weighted by atomic mass is 10.0. The number of allylic oxidation sites excluding steroid dienone is 19. The normalized spacial score (nSPS) is 14.1. The van der Waals surface area contributed by atoms with Gasteiger partial charge in [-0.25, -0.2) is 0 Å². The first kappa shape index (κ1) is 53.8. The summed E-state index contributed by atoms with van der Waals surface area (Å²) >= 11 is 0. The molecule has 0 aromatic rings. The van der Waals surface area contributed by atoms with E-state index in [9.17, 15) is 15.0 Å². The molecule has 0 spiro atoms. The minimum absolute atomic E-state index is 0.0893. The summed E-state index contributed by atoms with van der Waals surface area (Å²) < 4.78 is 0. The summed E-state index contributed by atoms with van der Waals surface area (Å²) in [5, 5.41) is 22.9. The monoisotopic (exact) mass is 786 g/mol. The van der Waals surface area contributed by atoms with Gasteiger partial charge >= 0.3 is 0 Å². The van der Waals surface area contributed by atoms with Crippen molar-refractivity contribution in [1.29, 1.82) is 0 Å². The molecule has 3 N–H and O–H groups in total. The number of amides is 1. The standard InChI is InChI=1S/C53H87NO3/c1-3-5-7-9-11-13-15-17-18-19-20-21-22-23-24-25-26-27-28-29-30-31-32-33-34-35-36-37-39-41-43-45-47-49-53(57)54-51(50-55)52(56)48-46-44-42-40-38-16-14-12-10-8-6-4-2/h5,7,10-13,17-18,20-21,23-24,26-27,29-30,38,40,46,48,51-52,55-56H,3-4,6,8-9,14-16,19,22,25,28,31-37,39,41-45,47,49-50H2,1-2H3,(H,54,57)/b7-5-,12-10+,13-11-,18-17-,21-20-,24-23-,27-26-,30-29-,40-38+,48-46+. The summed E-state index contributed by atoms with van der Waals surface area (Å²) in [6, 6.07) is -0.653. The van der Waals surface area contributed by atoms with Gasteiger partial charge in [0.05, 0.1) is 18.8 Å². The fourth-order valence-electron chi connectivity index (χ4n) is 6.12. The van der Waals surface area contributed by atoms with Crippen molar-refractivity contribution in [3.8, 4) is 0 Å². The molecule has 0 aromatic heterocycles. The highest BCUT2D eigenvalue weighted by atomic mass is 16.3. The Balaban J connectivity index is 3.62. The topological polar surface area (TPSA) is 69.6 Å². The molecule has 0 radical (unpaired) electrons. The molecule has 0 saturated heterocycles. The van der Waals surface area contributed by atoms with Gasteiger partial charge in [0.25, 0.3) is 0 Å². The van der Waals surface area contributed by atoms with Crippen molar-refractivity contribution in [1.82, 2.24) is 5.32 Å². The molecular weight excluding hydrogens is 699 g/mol. The summed E-state index contributed by atoms with van der Waals surface area (Å²) in [6.45, 7) is 4.11. The summed E-state index contributed by atoms with van der Waals surface area (Å²) in [5.41, 5.74) is 0. The van der Waals surface area contributed by atoms with Crippen LogP contribution in [0.1, 0.15) is 187 Å². The number of unbranched alkanes of at least 4 members (excludes halogenated alkanes) is 15. The predicted molar refractivity (Wildman–Crippen MR) is 252 cm³/mol. The minimum atomic E-state index is -0.877. The second kappa shape index (κ2) is 47.2. The third kappa shape index (κ3) is 43.8. The average Bonchev–Trinajstić information content (AvgIpc) is 3.22. The molecule has 0 bridgehead atoms. The second-order valence-corrected chi connectivity index (χ2v) is 15.1. The quantitative estimate of drug-likeness (QED) is 0.0428. The highest BCUT2D eigenvalue weighted by molar-refractivity contribution is 5.76. The molecule has 0 aromatic carbocycles. The van der Waals surface area contributed by atoms with Gasteiger partial charge in [-0.15, -0.1) is 0 Å². The fourth-order valence-corrected chi connectivity index (χ4v) is 6.12. The zero-order valence-corrected chi connectivity index (χ0v) is 36.8. The largest absolute Gasteiger partial charge is 0.394 e. The van der Waals surface area contributed by atoms with E-state index in [4.69, 9.17) is 0 Å². The molecular formula is C53H87NO3. The maximum atomic E-state index is 12.4. The molecule has 0 aliphatic heterocycles. The number of carbonyl (C=O) groups is 1. The van der Waals surface area contributed by atoms with Crippen molar-refractivity contribution >= 4 is 5.91 Å². The lowest BCUT2D eigenvalue weighted by Crippen LogP contribution is -2.45. The molecule has 1 amide bonds. The van der Waals surface area contributed by atoms with Crippen LogP contribution in [-0.2, 0) is 4.79 Å². The van der Waals surface area contributed by atoms with Gasteiger partial charge in [-0.3, -0.25) is 4.79 Å². The molecule has 4 nitrogen and oxygen atoms in total. The van der Waals surface area contributed by atoms with Crippen LogP contribution in [0.15, 0.2) is 122 Å². The van der Waals surface area contributed by atoms with E-state index in [1.807, 2.05) is 6.08 Å². The number of hydrogen-bond donors (Lipinski definition) is 3. The number of aliphatic hydroxyl groups is 2. The molecule has 0 rings (SSSR count). The summed E-state index contributed by atoms with van der Waals surface area (Å²) in [6.07, 6.45) is 73.2. The Morgan fingerprint density at radius 3 is 1.23 bits per heavy atom. The molecule has 0 aliphatic rings. The Bertz CT molecular complexity index is 1160. The zero-order chi connectivity index (χ0) is 41.4. The van der Waals surface area contributed by atoms with Gasteiger partial charge in [-0.2, -0.15) is 0 Å². The van der Waals surface area contributed by atoms with Gasteiger partial charge in [-0.1, -0.05) is 206 Å². The van der Waals surface area contributed by atoms with Crippen LogP contribution in [0.4, 0.5) is 0 Å². The van der Waals surface area contributed by atoms with Gasteiger partial charge in [0.1, 0.15) is 0 Å². The number of rotatable bonds is 40. The van der Waals surface area contributed by atoms with Crippen LogP contribution in [0.5, 0.6) is 0 Å². The van der Waals surface area contributed by atoms with Crippen molar-refractivity contribution in [2.45, 2.75) is 199 Å². The van der Waals surface area contributed by atoms with Crippen LogP contribution in [0.2, 0.25) is 0 Å². The van der Waals surface area contributed by atoms with Crippen molar-refractivity contribution < 1.29 is 15.0 Å². The number of hydrogen-bond acceptors (Lipinski definition) is 3. The maximum absolute atomic E-state index is 12.4. The van der Waals surface area contributed by atoms with Crippen molar-refractivity contribution in [2.75, 3.05) is 6.61 Å². The molecule has 0 heterocycles. The lowest BCUT2D eigenvalue weighted by Gasteiger charge is -2.19. The summed E-state index contributed by atoms with van der Waals surface area (Å²) in [5.74, 6) is -0.0893. The van der Waals surface area contributed by atoms with Gasteiger partial charge in [0.2, 0.25) is 5.91 Å². The van der Waals surface area contributed by atoms with Gasteiger partial charge < -0.3 is 15.5 Å². The Morgan fingerprint density at radius 1 is 0.439 bits per heavy atom. The highest BCUT2D eigenvalue weighted by Gasteiger charge is 2.17. The van der Waals surface area contributed by atoms with Gasteiger partial charge in [0, 0.05) is 6.42 Å². The average molecular weight is 786 g/mol. The number of carbonyl (C=O) groups excluding carboxylic acids is 1. The van der Waals surface area contributed by atoms with Crippen LogP contribution in [0.25, 0.3) is 0 Å². The van der Waals surface area contributed by atoms with E-state index >= 15 is 0 Å². The molecule has 0 fully saturated rings. The SMILES string of the molecule is CC/C=C\C/C=C\C/C=C\C/C=C\C/C=C\C/C=C\C/C=C\CCCCCCCCCCCCCC(=O)NC(CO)C(O)/C=C/CC/C=C/CC/C=C/CCCC. The van der Waals surface area contributed by atoms with E-state index in [0.717, 1.165) is 89.9 Å². The van der Waals surface area contributed by atoms with E-state index in [1.165, 1.54) is 77.0 Å². The maximum Gasteiger partial charge on any atom is 0.220 e. The van der Waals surface area contributed by atoms with Crippen LogP contribution in [0.3, 0.4) is 0 Å². The highest BCUT2D eigenvalue weighted by Crippen LogP contribution is 2.13. The Morgan fingerprint density at radius 2 is 0.789 bits per heavy atom. The first-order chi connectivity index (χ1) is 28.2. The van der Waals surface area contributed by atoms with Crippen LogP contribution in [0, 0.1) is 0 Å². The third-order valence-electron chi connectivity index (χ3n) is 9.66. The molecule has 0 saturated carbocycles. The van der Waals surface area contributed by atoms with Crippen molar-refractivity contribution in [2.24, 2.45) is 0 Å². The summed E-state index contributed by atoms with van der Waals surface area (Å²) in [4.78, 5) is 12.4. The zero-order valence-electron chi connectivity index (χ0n) is 36.8. The molecule has 4 heteroatoms. The molecule has 322 valence electrons. The minimum Gasteiger partial charge on any atom is -0.394 e. The van der Waals surface area contributed by atoms with E-state index in [0.29, 0.717) is 6.42 Å². The lowest BCUT2D eigenvalue weighted by molar-refractivity contribution is -0.123. The molecule has 0 aliphatic carbocycles. The van der Waals surface area contributed by atoms with Crippen LogP contribution >= 0.6 is 0 Å². The van der Waals surface area contributed by atoms with E-state index in [2.05, 4.69) is 129 Å². The molecule has 2 unspecified atom stereocenters. The van der Waals surface area contributed by atoms with Gasteiger partial charge in [-0.05, 0) is 96.3 Å². The number of aliphatic hydroxyl groups excluding tert-OH is 2. The summed E-state index contributed by atoms with van der Waals surface area (Å²) in [7, 11) is 0. The van der Waals surface area contributed by atoms with E-state index < -0.39 is 12.1 Å². The van der Waals surface area contributed by atoms with Gasteiger partial charge in [0.15, 0.2) is 0 Å². The van der Waals surface area contributed by atoms with Crippen LogP contribution < -0.4 is 5.32 Å². The Labute approximate surface area is 352 Å². The van der Waals surface area contributed by atoms with Crippen molar-refractivity contribution in [3.63, 3.8) is 0 Å². The fraction of sp³-hybridized carbons (Fsp3) is 0.604.